The van der Waals surface area contributed by atoms with Crippen molar-refractivity contribution in [2.24, 2.45) is 0 Å². The van der Waals surface area contributed by atoms with Crippen LogP contribution in [0, 0.1) is 6.92 Å². The van der Waals surface area contributed by atoms with Crippen molar-refractivity contribution in [3.05, 3.63) is 94.4 Å². The largest absolute Gasteiger partial charge is 0.352 e. The van der Waals surface area contributed by atoms with Crippen LogP contribution < -0.4 is 10.6 Å². The Morgan fingerprint density at radius 3 is 2.73 bits per heavy atom. The molecule has 0 aliphatic carbocycles. The molecule has 4 aromatic rings. The summed E-state index contributed by atoms with van der Waals surface area (Å²) in [7, 11) is 0. The number of amides is 1. The van der Waals surface area contributed by atoms with Crippen LogP contribution in [0.5, 0.6) is 0 Å². The van der Waals surface area contributed by atoms with Crippen molar-refractivity contribution in [2.45, 2.75) is 25.4 Å². The summed E-state index contributed by atoms with van der Waals surface area (Å²) >= 11 is 7.44. The van der Waals surface area contributed by atoms with Gasteiger partial charge in [-0.1, -0.05) is 42.5 Å². The number of aromatic nitrogens is 1. The van der Waals surface area contributed by atoms with Gasteiger partial charge in [0.2, 0.25) is 5.91 Å². The number of thiophene rings is 1. The lowest BCUT2D eigenvalue weighted by Crippen LogP contribution is -2.32. The molecular formula is C26H24N4OS2. The highest BCUT2D eigenvalue weighted by Crippen LogP contribution is 2.42. The van der Waals surface area contributed by atoms with Gasteiger partial charge in [-0.25, -0.2) is 0 Å². The van der Waals surface area contributed by atoms with Crippen LogP contribution in [0.4, 0.5) is 5.69 Å². The highest BCUT2D eigenvalue weighted by Gasteiger charge is 2.40. The van der Waals surface area contributed by atoms with Crippen molar-refractivity contribution in [1.29, 1.82) is 0 Å². The Balaban J connectivity index is 1.36. The molecule has 0 saturated carbocycles. The van der Waals surface area contributed by atoms with Gasteiger partial charge in [-0.15, -0.1) is 11.3 Å². The van der Waals surface area contributed by atoms with Gasteiger partial charge in [0, 0.05) is 35.1 Å². The standard InChI is InChI=1S/C26H24N4OS2/c1-17-13-16-33-25(17)24-23(21-10-4-5-14-27-21)29-26(32)30(24)15-12-22(31)28-20-11-6-8-18-7-2-3-9-19(18)20/h2-11,13-14,16,23-24H,12,15H2,1H3,(H,28,31)(H,29,32)/t23-,24+/m0/s1. The zero-order chi connectivity index (χ0) is 22.8. The second-order valence-corrected chi connectivity index (χ2v) is 9.45. The second kappa shape index (κ2) is 9.29. The van der Waals surface area contributed by atoms with E-state index in [1.165, 1.54) is 10.4 Å². The van der Waals surface area contributed by atoms with Crippen molar-refractivity contribution in [3.63, 3.8) is 0 Å². The van der Waals surface area contributed by atoms with Crippen molar-refractivity contribution in [3.8, 4) is 0 Å². The Morgan fingerprint density at radius 2 is 1.94 bits per heavy atom. The van der Waals surface area contributed by atoms with E-state index in [2.05, 4.69) is 38.9 Å². The molecule has 1 amide bonds. The lowest BCUT2D eigenvalue weighted by molar-refractivity contribution is -0.116. The summed E-state index contributed by atoms with van der Waals surface area (Å²) < 4.78 is 0. The Bertz CT molecular complexity index is 1300. The van der Waals surface area contributed by atoms with E-state index in [9.17, 15) is 4.79 Å². The molecule has 2 N–H and O–H groups in total. The van der Waals surface area contributed by atoms with Gasteiger partial charge in [-0.3, -0.25) is 9.78 Å². The molecule has 0 spiro atoms. The van der Waals surface area contributed by atoms with Gasteiger partial charge in [0.25, 0.3) is 0 Å². The number of benzene rings is 2. The van der Waals surface area contributed by atoms with E-state index in [1.807, 2.05) is 60.7 Å². The minimum atomic E-state index is -0.0582. The van der Waals surface area contributed by atoms with E-state index in [-0.39, 0.29) is 18.0 Å². The van der Waals surface area contributed by atoms with Crippen molar-refractivity contribution >= 4 is 51.0 Å². The number of pyridine rings is 1. The van der Waals surface area contributed by atoms with Crippen LogP contribution in [0.1, 0.15) is 34.6 Å². The molecule has 2 aromatic carbocycles. The summed E-state index contributed by atoms with van der Waals surface area (Å²) in [6.45, 7) is 2.64. The van der Waals surface area contributed by atoms with Gasteiger partial charge in [-0.2, -0.15) is 0 Å². The quantitative estimate of drug-likeness (QED) is 0.358. The number of carbonyl (C=O) groups excluding carboxylic acids is 1. The molecule has 5 nitrogen and oxygen atoms in total. The number of nitrogens with one attached hydrogen (secondary N) is 2. The van der Waals surface area contributed by atoms with Gasteiger partial charge < -0.3 is 15.5 Å². The van der Waals surface area contributed by atoms with E-state index in [1.54, 1.807) is 17.5 Å². The molecule has 2 atom stereocenters. The van der Waals surface area contributed by atoms with E-state index in [4.69, 9.17) is 12.2 Å². The molecule has 33 heavy (non-hydrogen) atoms. The molecule has 0 bridgehead atoms. The first-order chi connectivity index (χ1) is 16.1. The van der Waals surface area contributed by atoms with Crippen LogP contribution in [0.2, 0.25) is 0 Å². The van der Waals surface area contributed by atoms with Crippen molar-refractivity contribution in [1.82, 2.24) is 15.2 Å². The first-order valence-corrected chi connectivity index (χ1v) is 12.2. The summed E-state index contributed by atoms with van der Waals surface area (Å²) in [5.41, 5.74) is 3.00. The van der Waals surface area contributed by atoms with E-state index >= 15 is 0 Å². The molecule has 1 aliphatic rings. The minimum Gasteiger partial charge on any atom is -0.352 e. The molecule has 5 rings (SSSR count). The maximum Gasteiger partial charge on any atom is 0.226 e. The number of nitrogens with zero attached hydrogens (tertiary/aromatic N) is 2. The Hall–Kier alpha value is -3.29. The van der Waals surface area contributed by atoms with Gasteiger partial charge >= 0.3 is 0 Å². The molecule has 1 aliphatic heterocycles. The topological polar surface area (TPSA) is 57.3 Å². The lowest BCUT2D eigenvalue weighted by atomic mass is 10.0. The SMILES string of the molecule is Cc1ccsc1[C@H]1[C@H](c2ccccn2)NC(=S)N1CCC(=O)Nc1cccc2ccccc12. The minimum absolute atomic E-state index is 0.00208. The van der Waals surface area contributed by atoms with E-state index in [0.717, 1.165) is 22.2 Å². The zero-order valence-corrected chi connectivity index (χ0v) is 19.8. The highest BCUT2D eigenvalue weighted by atomic mass is 32.1. The first kappa shape index (κ1) is 21.6. The van der Waals surface area contributed by atoms with Crippen LogP contribution >= 0.6 is 23.6 Å². The maximum atomic E-state index is 12.9. The van der Waals surface area contributed by atoms with Crippen LogP contribution in [-0.4, -0.2) is 27.4 Å². The molecule has 166 valence electrons. The Labute approximate surface area is 202 Å². The average molecular weight is 473 g/mol. The smallest absolute Gasteiger partial charge is 0.226 e. The van der Waals surface area contributed by atoms with Crippen molar-refractivity contribution in [2.75, 3.05) is 11.9 Å². The summed E-state index contributed by atoms with van der Waals surface area (Å²) in [5, 5.41) is 11.4. The van der Waals surface area contributed by atoms with Crippen LogP contribution in [-0.2, 0) is 4.79 Å². The third-order valence-corrected chi connectivity index (χ3v) is 7.45. The molecule has 1 fully saturated rings. The average Bonchev–Trinajstić information content (AvgIpc) is 3.40. The van der Waals surface area contributed by atoms with Crippen LogP contribution in [0.25, 0.3) is 10.8 Å². The predicted molar refractivity (Wildman–Crippen MR) is 138 cm³/mol. The molecular weight excluding hydrogens is 448 g/mol. The van der Waals surface area contributed by atoms with Crippen molar-refractivity contribution < 1.29 is 4.79 Å². The Kier molecular flexibility index (Phi) is 6.07. The molecule has 1 saturated heterocycles. The fourth-order valence-electron chi connectivity index (χ4n) is 4.39. The second-order valence-electron chi connectivity index (χ2n) is 8.11. The number of aryl methyl sites for hydroxylation is 1. The monoisotopic (exact) mass is 472 g/mol. The number of carbonyl (C=O) groups is 1. The molecule has 2 aromatic heterocycles. The molecule has 0 radical (unpaired) electrons. The summed E-state index contributed by atoms with van der Waals surface area (Å²) in [4.78, 5) is 20.9. The molecule has 7 heteroatoms. The van der Waals surface area contributed by atoms with Crippen LogP contribution in [0.15, 0.2) is 78.3 Å². The van der Waals surface area contributed by atoms with Gasteiger partial charge in [-0.05, 0) is 59.7 Å². The number of hydrogen-bond acceptors (Lipinski definition) is 4. The number of fused-ring (bicyclic) bond motifs is 1. The lowest BCUT2D eigenvalue weighted by Gasteiger charge is -2.27. The normalized spacial score (nSPS) is 17.8. The van der Waals surface area contributed by atoms with Gasteiger partial charge in [0.1, 0.15) is 0 Å². The van der Waals surface area contributed by atoms with Gasteiger partial charge in [0.05, 0.1) is 17.8 Å². The third kappa shape index (κ3) is 4.34. The third-order valence-electron chi connectivity index (χ3n) is 6.01. The fraction of sp³-hybridized carbons (Fsp3) is 0.192. The Morgan fingerprint density at radius 1 is 1.12 bits per heavy atom. The van der Waals surface area contributed by atoms with E-state index < -0.39 is 0 Å². The number of rotatable bonds is 6. The summed E-state index contributed by atoms with van der Waals surface area (Å²) in [6, 6.07) is 22.0. The predicted octanol–water partition coefficient (Wildman–Crippen LogP) is 5.61. The molecule has 3 heterocycles. The van der Waals surface area contributed by atoms with E-state index in [0.29, 0.717) is 18.1 Å². The first-order valence-electron chi connectivity index (χ1n) is 10.9. The highest BCUT2D eigenvalue weighted by molar-refractivity contribution is 7.80. The maximum absolute atomic E-state index is 12.9. The molecule has 0 unspecified atom stereocenters. The van der Waals surface area contributed by atoms with Crippen LogP contribution in [0.3, 0.4) is 0 Å². The number of thiocarbonyl (C=S) groups is 1. The number of hydrogen-bond donors (Lipinski definition) is 2. The zero-order valence-electron chi connectivity index (χ0n) is 18.2. The van der Waals surface area contributed by atoms with Gasteiger partial charge in [0.15, 0.2) is 5.11 Å². The number of anilines is 1. The summed E-state index contributed by atoms with van der Waals surface area (Å²) in [6.07, 6.45) is 2.14. The summed E-state index contributed by atoms with van der Waals surface area (Å²) in [5.74, 6) is -0.0305. The fourth-order valence-corrected chi connectivity index (χ4v) is 5.79.